The highest BCUT2D eigenvalue weighted by Crippen LogP contribution is 2.61. The normalized spacial score (nSPS) is 21.7. The second kappa shape index (κ2) is 11.8. The van der Waals surface area contributed by atoms with Gasteiger partial charge < -0.3 is 44.3 Å². The number of aliphatic hydroxyl groups is 2. The molecule has 2 amide bonds. The Morgan fingerprint density at radius 1 is 1.05 bits per heavy atom. The van der Waals surface area contributed by atoms with Crippen LogP contribution in [0.2, 0.25) is 0 Å². The van der Waals surface area contributed by atoms with Crippen molar-refractivity contribution in [1.82, 2.24) is 25.2 Å². The fourth-order valence-electron chi connectivity index (χ4n) is 9.00. The van der Waals surface area contributed by atoms with E-state index in [0.717, 1.165) is 50.0 Å². The number of aromatic nitrogens is 3. The van der Waals surface area contributed by atoms with Crippen LogP contribution in [0, 0.1) is 5.92 Å². The first-order chi connectivity index (χ1) is 26.6. The van der Waals surface area contributed by atoms with Gasteiger partial charge in [-0.3, -0.25) is 9.59 Å². The quantitative estimate of drug-likeness (QED) is 0.141. The smallest absolute Gasteiger partial charge is 0.252 e. The van der Waals surface area contributed by atoms with Gasteiger partial charge in [0.25, 0.3) is 5.91 Å². The third kappa shape index (κ3) is 4.53. The number of carbonyl (C=O) groups excluding carboxylic acids is 2. The number of hydrogen-bond donors (Lipinski definition) is 5. The van der Waals surface area contributed by atoms with E-state index in [9.17, 15) is 19.8 Å². The third-order valence-electron chi connectivity index (χ3n) is 12.1. The van der Waals surface area contributed by atoms with E-state index in [0.29, 0.717) is 23.0 Å². The van der Waals surface area contributed by atoms with Gasteiger partial charge in [0.2, 0.25) is 17.7 Å². The summed E-state index contributed by atoms with van der Waals surface area (Å²) in [6.45, 7) is 7.17. The Morgan fingerprint density at radius 2 is 1.85 bits per heavy atom. The van der Waals surface area contributed by atoms with Crippen molar-refractivity contribution in [1.29, 1.82) is 0 Å². The Hall–Kier alpha value is -5.92. The summed E-state index contributed by atoms with van der Waals surface area (Å²) in [7, 11) is 0. The molecule has 13 nitrogen and oxygen atoms in total. The van der Waals surface area contributed by atoms with Gasteiger partial charge in [-0.1, -0.05) is 70.2 Å². The van der Waals surface area contributed by atoms with Crippen molar-refractivity contribution < 1.29 is 33.4 Å². The van der Waals surface area contributed by atoms with Gasteiger partial charge >= 0.3 is 0 Å². The first-order valence-electron chi connectivity index (χ1n) is 18.8. The van der Waals surface area contributed by atoms with Crippen LogP contribution in [0.25, 0.3) is 44.9 Å². The molecule has 0 saturated carbocycles. The van der Waals surface area contributed by atoms with Gasteiger partial charge in [0, 0.05) is 45.9 Å². The van der Waals surface area contributed by atoms with E-state index in [1.54, 1.807) is 24.6 Å². The second-order valence-corrected chi connectivity index (χ2v) is 15.3. The number of rotatable bonds is 6. The highest BCUT2D eigenvalue weighted by Gasteiger charge is 2.61. The molecule has 10 rings (SSSR count). The van der Waals surface area contributed by atoms with Crippen LogP contribution < -0.4 is 20.7 Å². The minimum absolute atomic E-state index is 0.148. The number of nitrogens with zero attached hydrogens (tertiary/aromatic N) is 3. The standard InChI is InChI=1S/C42H40N6O7/c1-5-41(52,6-2)39(51)44-27-16-21-13-14-29-26(15-21)42-25-11-7-10-23(33(25)47-40(42)54-29)22-9-8-12-28-31(22)24(18-48(28)19-49)30-17-43-37(53-30)34-35(42)55-38(46-34)32(20(3)4)45-36(27)50/h7-15,17-18,20,27,32,40,47,49,52H,5-6,16,19H2,1-4H3,(H,44,51)(H,45,50)/t27-,32?,40?,42?/m0/s1. The number of amides is 2. The van der Waals surface area contributed by atoms with Crippen molar-refractivity contribution in [2.75, 3.05) is 5.32 Å². The highest BCUT2D eigenvalue weighted by atomic mass is 16.5. The van der Waals surface area contributed by atoms with Crippen LogP contribution in [0.4, 0.5) is 5.69 Å². The van der Waals surface area contributed by atoms with Gasteiger partial charge in [-0.2, -0.15) is 0 Å². The number of oxazole rings is 2. The van der Waals surface area contributed by atoms with Crippen molar-refractivity contribution in [3.8, 4) is 39.8 Å². The molecule has 1 spiro atoms. The molecule has 0 aliphatic carbocycles. The molecule has 6 aromatic rings. The van der Waals surface area contributed by atoms with Crippen LogP contribution in [-0.2, 0) is 28.2 Å². The lowest BCUT2D eigenvalue weighted by molar-refractivity contribution is -0.143. The Bertz CT molecular complexity index is 2580. The van der Waals surface area contributed by atoms with Crippen molar-refractivity contribution in [3.05, 3.63) is 95.3 Å². The van der Waals surface area contributed by atoms with Crippen LogP contribution in [0.1, 0.15) is 74.9 Å². The molecule has 4 aliphatic heterocycles. The zero-order chi connectivity index (χ0) is 38.0. The molecule has 3 aromatic heterocycles. The lowest BCUT2D eigenvalue weighted by Crippen LogP contribution is -2.55. The van der Waals surface area contributed by atoms with Crippen molar-refractivity contribution >= 4 is 28.4 Å². The van der Waals surface area contributed by atoms with Crippen molar-refractivity contribution in [2.24, 2.45) is 5.92 Å². The zero-order valence-electron chi connectivity index (χ0n) is 30.8. The maximum absolute atomic E-state index is 14.3. The van der Waals surface area contributed by atoms with Gasteiger partial charge in [-0.05, 0) is 42.0 Å². The van der Waals surface area contributed by atoms with Gasteiger partial charge in [0.05, 0.1) is 11.7 Å². The summed E-state index contributed by atoms with van der Waals surface area (Å²) in [4.78, 5) is 37.8. The lowest BCUT2D eigenvalue weighted by Gasteiger charge is -2.30. The second-order valence-electron chi connectivity index (χ2n) is 15.3. The van der Waals surface area contributed by atoms with Crippen LogP contribution >= 0.6 is 0 Å². The number of benzene rings is 3. The van der Waals surface area contributed by atoms with E-state index >= 15 is 0 Å². The van der Waals surface area contributed by atoms with E-state index in [1.807, 2.05) is 56.4 Å². The summed E-state index contributed by atoms with van der Waals surface area (Å²) in [6, 6.07) is 16.2. The number of hydrogen-bond acceptors (Lipinski definition) is 10. The molecule has 4 atom stereocenters. The number of nitrogens with one attached hydrogen (secondary N) is 3. The van der Waals surface area contributed by atoms with Crippen LogP contribution in [0.3, 0.4) is 0 Å². The summed E-state index contributed by atoms with van der Waals surface area (Å²) in [5.41, 5.74) is 4.39. The minimum Gasteiger partial charge on any atom is -0.469 e. The Morgan fingerprint density at radius 3 is 2.64 bits per heavy atom. The van der Waals surface area contributed by atoms with Crippen molar-refractivity contribution in [3.63, 3.8) is 0 Å². The number of para-hydroxylation sites is 1. The van der Waals surface area contributed by atoms with E-state index in [4.69, 9.17) is 23.5 Å². The molecule has 55 heavy (non-hydrogen) atoms. The van der Waals surface area contributed by atoms with Gasteiger partial charge in [0.15, 0.2) is 23.4 Å². The topological polar surface area (TPSA) is 177 Å². The third-order valence-corrected chi connectivity index (χ3v) is 12.1. The highest BCUT2D eigenvalue weighted by molar-refractivity contribution is 6.08. The average molecular weight is 741 g/mol. The number of carbonyl (C=O) groups is 2. The maximum atomic E-state index is 14.3. The van der Waals surface area contributed by atoms with E-state index < -0.39 is 41.1 Å². The first kappa shape index (κ1) is 33.6. The van der Waals surface area contributed by atoms with Crippen LogP contribution in [0.15, 0.2) is 75.8 Å². The molecule has 0 fully saturated rings. The summed E-state index contributed by atoms with van der Waals surface area (Å²) in [5.74, 6) is 0.783. The van der Waals surface area contributed by atoms with Crippen LogP contribution in [-0.4, -0.2) is 54.4 Å². The molecule has 3 unspecified atom stereocenters. The molecule has 0 saturated heterocycles. The number of fused-ring (bicyclic) bond motifs is 7. The summed E-state index contributed by atoms with van der Waals surface area (Å²) < 4.78 is 22.2. The number of anilines is 1. The van der Waals surface area contributed by atoms with Gasteiger partial charge in [-0.25, -0.2) is 9.97 Å². The number of ether oxygens (including phenoxy) is 1. The molecule has 3 aromatic carbocycles. The molecule has 280 valence electrons. The van der Waals surface area contributed by atoms with Gasteiger partial charge in [-0.15, -0.1) is 0 Å². The molecule has 0 radical (unpaired) electrons. The first-order valence-corrected chi connectivity index (χ1v) is 18.8. The van der Waals surface area contributed by atoms with Crippen molar-refractivity contribution in [2.45, 2.75) is 83.0 Å². The minimum atomic E-state index is -1.63. The largest absolute Gasteiger partial charge is 0.469 e. The monoisotopic (exact) mass is 740 g/mol. The van der Waals surface area contributed by atoms with Crippen LogP contribution in [0.5, 0.6) is 5.75 Å². The summed E-state index contributed by atoms with van der Waals surface area (Å²) in [5, 5.41) is 32.2. The zero-order valence-corrected chi connectivity index (χ0v) is 30.8. The SMILES string of the molecule is CCC(O)(CC)C(=O)N[C@H]1Cc2ccc3c(c2)C24c5cccc(c5NC2O3)-c2cccc3c2c(cn3CO)-c2cnc(o2)-c2nc(oc24)C(C(C)C)NC1=O. The Labute approximate surface area is 315 Å². The van der Waals surface area contributed by atoms with E-state index in [2.05, 4.69) is 34.1 Å². The fourth-order valence-corrected chi connectivity index (χ4v) is 9.00. The molecule has 4 aliphatic rings. The number of aliphatic hydroxyl groups excluding tert-OH is 1. The predicted octanol–water partition coefficient (Wildman–Crippen LogP) is 5.77. The van der Waals surface area contributed by atoms with E-state index in [-0.39, 0.29) is 43.7 Å². The predicted molar refractivity (Wildman–Crippen MR) is 202 cm³/mol. The lowest BCUT2D eigenvalue weighted by atomic mass is 9.72. The fraction of sp³-hybridized carbons (Fsp3) is 0.333. The maximum Gasteiger partial charge on any atom is 0.252 e. The Kier molecular flexibility index (Phi) is 7.21. The molecular weight excluding hydrogens is 700 g/mol. The van der Waals surface area contributed by atoms with Gasteiger partial charge in [0.1, 0.15) is 35.6 Å². The summed E-state index contributed by atoms with van der Waals surface area (Å²) in [6.07, 6.45) is 3.38. The molecule has 13 heteroatoms. The molecule has 10 bridgehead atoms. The summed E-state index contributed by atoms with van der Waals surface area (Å²) >= 11 is 0. The molecule has 7 heterocycles. The Balaban J connectivity index is 1.27. The van der Waals surface area contributed by atoms with E-state index in [1.165, 1.54) is 0 Å². The molecular formula is C42H40N6O7. The molecule has 5 N–H and O–H groups in total. The average Bonchev–Trinajstić information content (AvgIpc) is 4.01.